The summed E-state index contributed by atoms with van der Waals surface area (Å²) in [5.74, 6) is -0.146. The lowest BCUT2D eigenvalue weighted by Crippen LogP contribution is -2.11. The van der Waals surface area contributed by atoms with E-state index in [0.717, 1.165) is 6.21 Å². The Balaban J connectivity index is 0.000000771. The van der Waals surface area contributed by atoms with Crippen LogP contribution in [-0.4, -0.2) is 22.0 Å². The minimum Gasteiger partial charge on any atom is -0.366 e. The van der Waals surface area contributed by atoms with Crippen LogP contribution in [0.3, 0.4) is 0 Å². The van der Waals surface area contributed by atoms with E-state index < -0.39 is 10.8 Å². The summed E-state index contributed by atoms with van der Waals surface area (Å²) >= 11 is 0. The van der Waals surface area contributed by atoms with Crippen LogP contribution >= 0.6 is 0 Å². The van der Waals surface area contributed by atoms with Crippen molar-refractivity contribution in [1.82, 2.24) is 4.98 Å². The van der Waals surface area contributed by atoms with Crippen molar-refractivity contribution in [1.29, 1.82) is 0 Å². The SMILES string of the molecule is CC.NC(=O)c1c[nH]c2c1CC=C([N+](=O)[O-])C=N2. The second kappa shape index (κ2) is 5.76. The molecular formula is C11H14N4O3. The van der Waals surface area contributed by atoms with E-state index in [9.17, 15) is 14.9 Å². The zero-order valence-electron chi connectivity index (χ0n) is 10.1. The molecule has 2 heterocycles. The molecule has 0 spiro atoms. The fraction of sp³-hybridized carbons (Fsp3) is 0.273. The summed E-state index contributed by atoms with van der Waals surface area (Å²) < 4.78 is 0. The van der Waals surface area contributed by atoms with Gasteiger partial charge in [0.2, 0.25) is 0 Å². The topological polar surface area (TPSA) is 114 Å². The van der Waals surface area contributed by atoms with Gasteiger partial charge in [0, 0.05) is 18.2 Å². The molecule has 0 radical (unpaired) electrons. The number of nitrogens with two attached hydrogens (primary N) is 1. The predicted octanol–water partition coefficient (Wildman–Crippen LogP) is 1.56. The number of allylic oxidation sites excluding steroid dienone is 2. The van der Waals surface area contributed by atoms with Crippen LogP contribution in [-0.2, 0) is 6.42 Å². The van der Waals surface area contributed by atoms with Crippen LogP contribution in [0.4, 0.5) is 5.82 Å². The highest BCUT2D eigenvalue weighted by Gasteiger charge is 2.18. The number of carbonyl (C=O) groups is 1. The van der Waals surface area contributed by atoms with Gasteiger partial charge in [0.25, 0.3) is 11.6 Å². The number of carbonyl (C=O) groups excluding carboxylic acids is 1. The number of nitrogens with one attached hydrogen (secondary N) is 1. The number of amides is 1. The largest absolute Gasteiger partial charge is 0.366 e. The number of nitro groups is 1. The van der Waals surface area contributed by atoms with Crippen molar-refractivity contribution in [3.05, 3.63) is 39.2 Å². The molecular weight excluding hydrogens is 236 g/mol. The van der Waals surface area contributed by atoms with Gasteiger partial charge in [-0.3, -0.25) is 14.9 Å². The Kier molecular flexibility index (Phi) is 4.36. The first-order valence-corrected chi connectivity index (χ1v) is 5.48. The van der Waals surface area contributed by atoms with Gasteiger partial charge in [-0.05, 0) is 6.08 Å². The number of nitrogens with zero attached hydrogens (tertiary/aromatic N) is 2. The van der Waals surface area contributed by atoms with Crippen molar-refractivity contribution in [3.8, 4) is 0 Å². The summed E-state index contributed by atoms with van der Waals surface area (Å²) in [5.41, 5.74) is 5.96. The minimum absolute atomic E-state index is 0.0972. The Morgan fingerprint density at radius 3 is 2.78 bits per heavy atom. The lowest BCUT2D eigenvalue weighted by molar-refractivity contribution is -0.414. The number of aromatic nitrogens is 1. The van der Waals surface area contributed by atoms with Crippen molar-refractivity contribution in [2.45, 2.75) is 20.3 Å². The number of aliphatic imine (C=N–C) groups is 1. The van der Waals surface area contributed by atoms with Gasteiger partial charge in [0.15, 0.2) is 0 Å². The van der Waals surface area contributed by atoms with Gasteiger partial charge in [0.05, 0.1) is 10.5 Å². The second-order valence-corrected chi connectivity index (χ2v) is 3.24. The van der Waals surface area contributed by atoms with Gasteiger partial charge in [-0.1, -0.05) is 13.8 Å². The smallest absolute Gasteiger partial charge is 0.283 e. The molecule has 0 unspecified atom stereocenters. The van der Waals surface area contributed by atoms with E-state index in [1.165, 1.54) is 12.3 Å². The van der Waals surface area contributed by atoms with Crippen molar-refractivity contribution in [3.63, 3.8) is 0 Å². The molecule has 1 aromatic rings. The average molecular weight is 250 g/mol. The maximum Gasteiger partial charge on any atom is 0.283 e. The molecule has 2 rings (SSSR count). The van der Waals surface area contributed by atoms with E-state index in [1.54, 1.807) is 0 Å². The van der Waals surface area contributed by atoms with E-state index in [-0.39, 0.29) is 12.1 Å². The monoisotopic (exact) mass is 250 g/mol. The number of hydrogen-bond acceptors (Lipinski definition) is 4. The van der Waals surface area contributed by atoms with Crippen molar-refractivity contribution in [2.24, 2.45) is 10.7 Å². The normalized spacial score (nSPS) is 12.7. The molecule has 1 aromatic heterocycles. The van der Waals surface area contributed by atoms with E-state index in [1.807, 2.05) is 13.8 Å². The average Bonchev–Trinajstić information content (AvgIpc) is 2.64. The van der Waals surface area contributed by atoms with Crippen LogP contribution in [0.15, 0.2) is 23.0 Å². The molecule has 0 aromatic carbocycles. The molecule has 96 valence electrons. The quantitative estimate of drug-likeness (QED) is 0.613. The highest BCUT2D eigenvalue weighted by molar-refractivity contribution is 5.96. The lowest BCUT2D eigenvalue weighted by atomic mass is 10.1. The maximum atomic E-state index is 11.1. The molecule has 0 saturated heterocycles. The first kappa shape index (κ1) is 13.6. The van der Waals surface area contributed by atoms with Crippen molar-refractivity contribution >= 4 is 17.9 Å². The number of hydrogen-bond donors (Lipinski definition) is 2. The molecule has 0 fully saturated rings. The number of rotatable bonds is 2. The highest BCUT2D eigenvalue weighted by atomic mass is 16.6. The van der Waals surface area contributed by atoms with Crippen LogP contribution in [0.25, 0.3) is 0 Å². The summed E-state index contributed by atoms with van der Waals surface area (Å²) in [7, 11) is 0. The number of H-pyrrole nitrogens is 1. The van der Waals surface area contributed by atoms with E-state index in [4.69, 9.17) is 5.73 Å². The Labute approximate surface area is 104 Å². The minimum atomic E-state index is -0.578. The van der Waals surface area contributed by atoms with Gasteiger partial charge in [-0.15, -0.1) is 0 Å². The third-order valence-corrected chi connectivity index (χ3v) is 2.28. The van der Waals surface area contributed by atoms with E-state index >= 15 is 0 Å². The van der Waals surface area contributed by atoms with Crippen molar-refractivity contribution in [2.75, 3.05) is 0 Å². The summed E-state index contributed by atoms with van der Waals surface area (Å²) in [6.45, 7) is 4.00. The molecule has 7 nitrogen and oxygen atoms in total. The fourth-order valence-corrected chi connectivity index (χ4v) is 1.50. The van der Waals surface area contributed by atoms with Crippen LogP contribution < -0.4 is 5.73 Å². The Bertz CT molecular complexity index is 528. The third-order valence-electron chi connectivity index (χ3n) is 2.28. The van der Waals surface area contributed by atoms with E-state index in [2.05, 4.69) is 9.98 Å². The molecule has 18 heavy (non-hydrogen) atoms. The van der Waals surface area contributed by atoms with Crippen LogP contribution in [0.5, 0.6) is 0 Å². The second-order valence-electron chi connectivity index (χ2n) is 3.24. The number of aromatic amines is 1. The first-order valence-electron chi connectivity index (χ1n) is 5.48. The summed E-state index contributed by atoms with van der Waals surface area (Å²) in [5, 5.41) is 10.5. The fourth-order valence-electron chi connectivity index (χ4n) is 1.50. The van der Waals surface area contributed by atoms with Crippen LogP contribution in [0.2, 0.25) is 0 Å². The predicted molar refractivity (Wildman–Crippen MR) is 67.6 cm³/mol. The molecule has 0 saturated carbocycles. The third kappa shape index (κ3) is 2.62. The first-order chi connectivity index (χ1) is 8.59. The van der Waals surface area contributed by atoms with Gasteiger partial charge in [-0.25, -0.2) is 4.99 Å². The summed E-state index contributed by atoms with van der Waals surface area (Å²) in [6, 6.07) is 0. The molecule has 0 bridgehead atoms. The molecule has 1 amide bonds. The van der Waals surface area contributed by atoms with Crippen LogP contribution in [0.1, 0.15) is 29.8 Å². The number of fused-ring (bicyclic) bond motifs is 1. The lowest BCUT2D eigenvalue weighted by Gasteiger charge is -1.95. The molecule has 0 atom stereocenters. The Morgan fingerprint density at radius 2 is 2.22 bits per heavy atom. The molecule has 1 aliphatic heterocycles. The van der Waals surface area contributed by atoms with E-state index in [0.29, 0.717) is 16.9 Å². The highest BCUT2D eigenvalue weighted by Crippen LogP contribution is 2.24. The Morgan fingerprint density at radius 1 is 1.56 bits per heavy atom. The van der Waals surface area contributed by atoms with Gasteiger partial charge in [0.1, 0.15) is 12.0 Å². The standard InChI is InChI=1S/C9H8N4O3.C2H6/c10-8(14)7-4-12-9-6(7)2-1-5(3-11-9)13(15)16;1-2/h1,3-4,12H,2H2,(H2,10,14);1-2H3. The molecule has 7 heteroatoms. The molecule has 1 aliphatic rings. The number of primary amides is 1. The Hall–Kier alpha value is -2.44. The van der Waals surface area contributed by atoms with Crippen molar-refractivity contribution < 1.29 is 9.72 Å². The van der Waals surface area contributed by atoms with Crippen LogP contribution in [0, 0.1) is 10.1 Å². The summed E-state index contributed by atoms with van der Waals surface area (Å²) in [4.78, 5) is 27.7. The van der Waals surface area contributed by atoms with Gasteiger partial charge < -0.3 is 10.7 Å². The molecule has 3 N–H and O–H groups in total. The zero-order chi connectivity index (χ0) is 13.7. The van der Waals surface area contributed by atoms with Gasteiger partial charge in [-0.2, -0.15) is 0 Å². The zero-order valence-corrected chi connectivity index (χ0v) is 10.1. The van der Waals surface area contributed by atoms with Gasteiger partial charge >= 0.3 is 0 Å². The maximum absolute atomic E-state index is 11.1. The summed E-state index contributed by atoms with van der Waals surface area (Å²) in [6.07, 6.45) is 4.26. The molecule has 0 aliphatic carbocycles.